The van der Waals surface area contributed by atoms with Crippen molar-refractivity contribution in [2.24, 2.45) is 0 Å². The van der Waals surface area contributed by atoms with Crippen LogP contribution >= 0.6 is 11.6 Å². The molecule has 0 amide bonds. The summed E-state index contributed by atoms with van der Waals surface area (Å²) in [6, 6.07) is 11.6. The molecule has 0 saturated heterocycles. The van der Waals surface area contributed by atoms with Gasteiger partial charge in [0.05, 0.1) is 11.1 Å². The lowest BCUT2D eigenvalue weighted by Crippen LogP contribution is -1.93. The number of aryl methyl sites for hydroxylation is 2. The lowest BCUT2D eigenvalue weighted by atomic mass is 10.1. The van der Waals surface area contributed by atoms with E-state index in [1.165, 1.54) is 24.0 Å². The molecule has 2 aromatic rings. The Hall–Kier alpha value is -1.51. The quantitative estimate of drug-likeness (QED) is 0.889. The van der Waals surface area contributed by atoms with Crippen LogP contribution in [0.1, 0.15) is 36.1 Å². The van der Waals surface area contributed by atoms with Gasteiger partial charge in [0, 0.05) is 0 Å². The summed E-state index contributed by atoms with van der Waals surface area (Å²) in [4.78, 5) is 0. The van der Waals surface area contributed by atoms with Gasteiger partial charge in [-0.3, -0.25) is 0 Å². The van der Waals surface area contributed by atoms with E-state index in [2.05, 4.69) is 12.1 Å². The molecule has 0 bridgehead atoms. The van der Waals surface area contributed by atoms with Crippen molar-refractivity contribution in [3.63, 3.8) is 0 Å². The zero-order valence-electron chi connectivity index (χ0n) is 11.4. The second-order valence-electron chi connectivity index (χ2n) is 5.25. The normalized spacial score (nSPS) is 14.9. The number of hydrogen-bond acceptors (Lipinski definition) is 2. The molecule has 20 heavy (non-hydrogen) atoms. The minimum Gasteiger partial charge on any atom is -0.457 e. The molecule has 1 atom stereocenters. The van der Waals surface area contributed by atoms with Gasteiger partial charge in [0.15, 0.2) is 0 Å². The van der Waals surface area contributed by atoms with E-state index in [-0.39, 0.29) is 0 Å². The SMILES string of the molecule is CC(O)c1ccc(Oc2ccc3c(c2)CCC3)cc1Cl. The second kappa shape index (κ2) is 5.47. The molecule has 3 heteroatoms. The predicted molar refractivity (Wildman–Crippen MR) is 80.6 cm³/mol. The third-order valence-electron chi connectivity index (χ3n) is 3.73. The highest BCUT2D eigenvalue weighted by atomic mass is 35.5. The molecule has 0 aromatic heterocycles. The third-order valence-corrected chi connectivity index (χ3v) is 4.05. The standard InChI is InChI=1S/C17H17ClO2/c1-11(19)16-8-7-15(10-17(16)18)20-14-6-5-12-3-2-4-13(12)9-14/h5-11,19H,2-4H2,1H3. The minimum absolute atomic E-state index is 0.527. The maximum absolute atomic E-state index is 9.57. The third kappa shape index (κ3) is 2.67. The van der Waals surface area contributed by atoms with Crippen molar-refractivity contribution < 1.29 is 9.84 Å². The number of benzene rings is 2. The van der Waals surface area contributed by atoms with Crippen LogP contribution in [-0.2, 0) is 12.8 Å². The Morgan fingerprint density at radius 2 is 1.75 bits per heavy atom. The molecule has 1 aliphatic rings. The number of aliphatic hydroxyl groups is 1. The van der Waals surface area contributed by atoms with E-state index >= 15 is 0 Å². The van der Waals surface area contributed by atoms with Gasteiger partial charge in [-0.1, -0.05) is 23.7 Å². The van der Waals surface area contributed by atoms with Crippen LogP contribution in [0.15, 0.2) is 36.4 Å². The van der Waals surface area contributed by atoms with Gasteiger partial charge in [-0.15, -0.1) is 0 Å². The van der Waals surface area contributed by atoms with Crippen molar-refractivity contribution in [2.45, 2.75) is 32.3 Å². The summed E-state index contributed by atoms with van der Waals surface area (Å²) in [7, 11) is 0. The lowest BCUT2D eigenvalue weighted by molar-refractivity contribution is 0.199. The van der Waals surface area contributed by atoms with E-state index in [1.54, 1.807) is 19.1 Å². The molecule has 0 fully saturated rings. The van der Waals surface area contributed by atoms with E-state index in [0.29, 0.717) is 16.3 Å². The second-order valence-corrected chi connectivity index (χ2v) is 5.65. The smallest absolute Gasteiger partial charge is 0.128 e. The van der Waals surface area contributed by atoms with Crippen molar-refractivity contribution in [1.82, 2.24) is 0 Å². The Bertz CT molecular complexity index is 635. The fourth-order valence-electron chi connectivity index (χ4n) is 2.66. The van der Waals surface area contributed by atoms with Gasteiger partial charge >= 0.3 is 0 Å². The van der Waals surface area contributed by atoms with Gasteiger partial charge in [-0.2, -0.15) is 0 Å². The van der Waals surface area contributed by atoms with Crippen LogP contribution in [0.2, 0.25) is 5.02 Å². The van der Waals surface area contributed by atoms with Gasteiger partial charge in [0.1, 0.15) is 11.5 Å². The van der Waals surface area contributed by atoms with Crippen molar-refractivity contribution in [1.29, 1.82) is 0 Å². The fraction of sp³-hybridized carbons (Fsp3) is 0.294. The van der Waals surface area contributed by atoms with E-state index in [4.69, 9.17) is 16.3 Å². The summed E-state index contributed by atoms with van der Waals surface area (Å²) in [6.45, 7) is 1.70. The minimum atomic E-state index is -0.573. The summed E-state index contributed by atoms with van der Waals surface area (Å²) in [5, 5.41) is 10.1. The highest BCUT2D eigenvalue weighted by molar-refractivity contribution is 6.31. The summed E-state index contributed by atoms with van der Waals surface area (Å²) in [5.41, 5.74) is 3.53. The van der Waals surface area contributed by atoms with Crippen LogP contribution in [0.3, 0.4) is 0 Å². The topological polar surface area (TPSA) is 29.5 Å². The van der Waals surface area contributed by atoms with Crippen molar-refractivity contribution in [3.05, 3.63) is 58.1 Å². The summed E-state index contributed by atoms with van der Waals surface area (Å²) >= 11 is 6.14. The Labute approximate surface area is 124 Å². The Balaban J connectivity index is 1.83. The molecular weight excluding hydrogens is 272 g/mol. The van der Waals surface area contributed by atoms with E-state index in [0.717, 1.165) is 12.2 Å². The van der Waals surface area contributed by atoms with E-state index < -0.39 is 6.10 Å². The maximum Gasteiger partial charge on any atom is 0.128 e. The Morgan fingerprint density at radius 3 is 2.50 bits per heavy atom. The first-order chi connectivity index (χ1) is 9.63. The summed E-state index contributed by atoms with van der Waals surface area (Å²) in [6.07, 6.45) is 2.96. The Kier molecular flexibility index (Phi) is 3.68. The molecule has 2 nitrogen and oxygen atoms in total. The van der Waals surface area contributed by atoms with Crippen LogP contribution in [-0.4, -0.2) is 5.11 Å². The average molecular weight is 289 g/mol. The van der Waals surface area contributed by atoms with Crippen LogP contribution in [0, 0.1) is 0 Å². The monoisotopic (exact) mass is 288 g/mol. The first-order valence-electron chi connectivity index (χ1n) is 6.90. The number of hydrogen-bond donors (Lipinski definition) is 1. The van der Waals surface area contributed by atoms with Crippen LogP contribution in [0.5, 0.6) is 11.5 Å². The fourth-order valence-corrected chi connectivity index (χ4v) is 2.99. The molecule has 104 valence electrons. The maximum atomic E-state index is 9.57. The highest BCUT2D eigenvalue weighted by Gasteiger charge is 2.12. The van der Waals surface area contributed by atoms with E-state index in [1.807, 2.05) is 12.1 Å². The molecule has 1 N–H and O–H groups in total. The molecule has 0 spiro atoms. The lowest BCUT2D eigenvalue weighted by Gasteiger charge is -2.11. The number of rotatable bonds is 3. The number of fused-ring (bicyclic) bond motifs is 1. The average Bonchev–Trinajstić information content (AvgIpc) is 2.85. The largest absolute Gasteiger partial charge is 0.457 e. The molecule has 0 radical (unpaired) electrons. The predicted octanol–water partition coefficient (Wildman–Crippen LogP) is 4.67. The number of aliphatic hydroxyl groups excluding tert-OH is 1. The van der Waals surface area contributed by atoms with Crippen molar-refractivity contribution >= 4 is 11.6 Å². The van der Waals surface area contributed by atoms with Crippen LogP contribution in [0.25, 0.3) is 0 Å². The number of halogens is 1. The van der Waals surface area contributed by atoms with Gasteiger partial charge in [0.25, 0.3) is 0 Å². The van der Waals surface area contributed by atoms with Gasteiger partial charge < -0.3 is 9.84 Å². The number of ether oxygens (including phenoxy) is 1. The molecule has 2 aromatic carbocycles. The molecule has 0 heterocycles. The van der Waals surface area contributed by atoms with Gasteiger partial charge in [-0.05, 0) is 67.1 Å². The molecule has 1 unspecified atom stereocenters. The zero-order valence-corrected chi connectivity index (χ0v) is 12.2. The Morgan fingerprint density at radius 1 is 1.05 bits per heavy atom. The first-order valence-corrected chi connectivity index (χ1v) is 7.28. The van der Waals surface area contributed by atoms with Crippen LogP contribution < -0.4 is 4.74 Å². The highest BCUT2D eigenvalue weighted by Crippen LogP contribution is 2.32. The first kappa shape index (κ1) is 13.5. The molecular formula is C17H17ClO2. The summed E-state index contributed by atoms with van der Waals surface area (Å²) in [5.74, 6) is 1.53. The summed E-state index contributed by atoms with van der Waals surface area (Å²) < 4.78 is 5.85. The zero-order chi connectivity index (χ0) is 14.1. The molecule has 0 aliphatic heterocycles. The molecule has 3 rings (SSSR count). The van der Waals surface area contributed by atoms with Crippen molar-refractivity contribution in [2.75, 3.05) is 0 Å². The molecule has 1 aliphatic carbocycles. The van der Waals surface area contributed by atoms with Crippen molar-refractivity contribution in [3.8, 4) is 11.5 Å². The molecule has 0 saturated carbocycles. The van der Waals surface area contributed by atoms with Gasteiger partial charge in [-0.25, -0.2) is 0 Å². The van der Waals surface area contributed by atoms with Gasteiger partial charge in [0.2, 0.25) is 0 Å². The van der Waals surface area contributed by atoms with E-state index in [9.17, 15) is 5.11 Å². The van der Waals surface area contributed by atoms with Crippen LogP contribution in [0.4, 0.5) is 0 Å².